The van der Waals surface area contributed by atoms with E-state index in [2.05, 4.69) is 19.4 Å². The van der Waals surface area contributed by atoms with E-state index in [1.165, 1.54) is 0 Å². The van der Waals surface area contributed by atoms with Crippen LogP contribution in [0.3, 0.4) is 0 Å². The van der Waals surface area contributed by atoms with Crippen LogP contribution in [0.5, 0.6) is 0 Å². The third-order valence-corrected chi connectivity index (χ3v) is 2.55. The molecule has 18 heavy (non-hydrogen) atoms. The molecule has 9 heteroatoms. The van der Waals surface area contributed by atoms with Crippen LogP contribution in [-0.2, 0) is 11.3 Å². The molecule has 104 valence electrons. The van der Waals surface area contributed by atoms with E-state index in [0.717, 1.165) is 24.5 Å². The van der Waals surface area contributed by atoms with Gasteiger partial charge in [0.05, 0.1) is 0 Å². The van der Waals surface area contributed by atoms with Crippen LogP contribution in [0, 0.1) is 0 Å². The first-order valence-corrected chi connectivity index (χ1v) is 6.03. The smallest absolute Gasteiger partial charge is 0.330 e. The van der Waals surface area contributed by atoms with E-state index in [1.54, 1.807) is 0 Å². The van der Waals surface area contributed by atoms with Crippen molar-refractivity contribution in [3.05, 3.63) is 5.82 Å². The number of alkyl halides is 4. The van der Waals surface area contributed by atoms with Gasteiger partial charge in [0.25, 0.3) is 0 Å². The molecule has 0 radical (unpaired) electrons. The largest absolute Gasteiger partial charge is 0.367 e. The molecule has 0 spiro atoms. The van der Waals surface area contributed by atoms with Crippen molar-refractivity contribution < 1.29 is 22.3 Å². The number of anilines is 1. The van der Waals surface area contributed by atoms with E-state index in [1.807, 2.05) is 6.92 Å². The van der Waals surface area contributed by atoms with E-state index in [0.29, 0.717) is 5.13 Å². The van der Waals surface area contributed by atoms with Gasteiger partial charge in [0.15, 0.2) is 5.82 Å². The lowest BCUT2D eigenvalue weighted by molar-refractivity contribution is -0.168. The molecule has 0 saturated carbocycles. The average molecular weight is 287 g/mol. The van der Waals surface area contributed by atoms with Gasteiger partial charge in [-0.3, -0.25) is 0 Å². The molecule has 4 nitrogen and oxygen atoms in total. The summed E-state index contributed by atoms with van der Waals surface area (Å²) in [7, 11) is 0. The molecule has 1 N–H and O–H groups in total. The van der Waals surface area contributed by atoms with Gasteiger partial charge in [-0.25, -0.2) is 13.8 Å². The highest BCUT2D eigenvalue weighted by Gasteiger charge is 2.41. The van der Waals surface area contributed by atoms with Gasteiger partial charge in [-0.1, -0.05) is 6.92 Å². The summed E-state index contributed by atoms with van der Waals surface area (Å²) in [5, 5.41) is 3.51. The summed E-state index contributed by atoms with van der Waals surface area (Å²) in [5.74, 6) is -3.94. The molecule has 0 aromatic carbocycles. The van der Waals surface area contributed by atoms with Crippen molar-refractivity contribution in [2.75, 3.05) is 18.5 Å². The highest BCUT2D eigenvalue weighted by atomic mass is 32.1. The summed E-state index contributed by atoms with van der Waals surface area (Å²) in [6, 6.07) is 0. The molecule has 1 heterocycles. The normalized spacial score (nSPS) is 12.1. The van der Waals surface area contributed by atoms with Gasteiger partial charge in [0, 0.05) is 18.1 Å². The minimum atomic E-state index is -4.14. The maximum atomic E-state index is 12.5. The summed E-state index contributed by atoms with van der Waals surface area (Å²) in [5.41, 5.74) is 0. The Morgan fingerprint density at radius 3 is 2.78 bits per heavy atom. The number of rotatable bonds is 8. The second-order valence-electron chi connectivity index (χ2n) is 3.50. The Bertz CT molecular complexity index is 361. The maximum Gasteiger partial charge on any atom is 0.330 e. The van der Waals surface area contributed by atoms with Crippen LogP contribution >= 0.6 is 11.5 Å². The van der Waals surface area contributed by atoms with Gasteiger partial charge < -0.3 is 10.1 Å². The van der Waals surface area contributed by atoms with Gasteiger partial charge in [-0.05, 0) is 6.42 Å². The van der Waals surface area contributed by atoms with Crippen LogP contribution < -0.4 is 5.32 Å². The molecule has 0 atom stereocenters. The van der Waals surface area contributed by atoms with Crippen molar-refractivity contribution >= 4 is 16.7 Å². The van der Waals surface area contributed by atoms with Crippen molar-refractivity contribution in [3.63, 3.8) is 0 Å². The fraction of sp³-hybridized carbons (Fsp3) is 0.778. The number of hydrogen-bond acceptors (Lipinski definition) is 5. The molecule has 0 saturated heterocycles. The van der Waals surface area contributed by atoms with Crippen molar-refractivity contribution in [1.29, 1.82) is 0 Å². The van der Waals surface area contributed by atoms with Crippen molar-refractivity contribution in [3.8, 4) is 0 Å². The Morgan fingerprint density at radius 2 is 2.17 bits per heavy atom. The molecular formula is C9H13F4N3OS. The molecule has 0 aliphatic carbocycles. The van der Waals surface area contributed by atoms with Crippen LogP contribution in [0.25, 0.3) is 0 Å². The molecule has 0 unspecified atom stereocenters. The molecule has 1 aromatic heterocycles. The topological polar surface area (TPSA) is 47.0 Å². The van der Waals surface area contributed by atoms with Gasteiger partial charge in [-0.2, -0.15) is 13.2 Å². The summed E-state index contributed by atoms with van der Waals surface area (Å²) < 4.78 is 56.9. The lowest BCUT2D eigenvalue weighted by atomic mass is 10.4. The molecule has 0 amide bonds. The standard InChI is InChI=1S/C9H13F4N3OS/c1-2-3-14-8-15-6(16-18-8)4-17-5-9(12,13)7(10)11/h7H,2-5H2,1H3,(H,14,15,16). The number of ether oxygens (including phenoxy) is 1. The number of hydrogen-bond donors (Lipinski definition) is 1. The molecular weight excluding hydrogens is 274 g/mol. The van der Waals surface area contributed by atoms with Gasteiger partial charge >= 0.3 is 12.3 Å². The zero-order valence-corrected chi connectivity index (χ0v) is 10.4. The SMILES string of the molecule is CCCNc1nc(COCC(F)(F)C(F)F)ns1. The first kappa shape index (κ1) is 15.1. The summed E-state index contributed by atoms with van der Waals surface area (Å²) in [6.45, 7) is 1.04. The molecule has 0 aliphatic heterocycles. The zero-order chi connectivity index (χ0) is 13.6. The summed E-state index contributed by atoms with van der Waals surface area (Å²) in [6.07, 6.45) is -2.82. The fourth-order valence-corrected chi connectivity index (χ4v) is 1.56. The predicted molar refractivity (Wildman–Crippen MR) is 59.3 cm³/mol. The van der Waals surface area contributed by atoms with Crippen molar-refractivity contribution in [1.82, 2.24) is 9.36 Å². The minimum absolute atomic E-state index is 0.198. The van der Waals surface area contributed by atoms with Gasteiger partial charge in [-0.15, -0.1) is 0 Å². The number of halogens is 4. The molecule has 0 fully saturated rings. The first-order valence-electron chi connectivity index (χ1n) is 5.26. The Kier molecular flexibility index (Phi) is 5.73. The molecule has 1 rings (SSSR count). The quantitative estimate of drug-likeness (QED) is 0.747. The Labute approximate surface area is 106 Å². The molecule has 1 aromatic rings. The predicted octanol–water partition coefficient (Wildman–Crippen LogP) is 2.78. The number of nitrogens with zero attached hydrogens (tertiary/aromatic N) is 2. The van der Waals surface area contributed by atoms with Gasteiger partial charge in [0.2, 0.25) is 5.13 Å². The van der Waals surface area contributed by atoms with Crippen LogP contribution in [-0.4, -0.2) is 34.9 Å². The van der Waals surface area contributed by atoms with Crippen LogP contribution in [0.15, 0.2) is 0 Å². The number of aromatic nitrogens is 2. The Morgan fingerprint density at radius 1 is 1.44 bits per heavy atom. The van der Waals surface area contributed by atoms with E-state index in [9.17, 15) is 17.6 Å². The van der Waals surface area contributed by atoms with Gasteiger partial charge in [0.1, 0.15) is 13.2 Å². The lowest BCUT2D eigenvalue weighted by Gasteiger charge is -2.14. The monoisotopic (exact) mass is 287 g/mol. The second kappa shape index (κ2) is 6.83. The van der Waals surface area contributed by atoms with E-state index in [4.69, 9.17) is 0 Å². The van der Waals surface area contributed by atoms with E-state index < -0.39 is 19.0 Å². The summed E-state index contributed by atoms with van der Waals surface area (Å²) in [4.78, 5) is 3.95. The molecule has 0 aliphatic rings. The van der Waals surface area contributed by atoms with Crippen molar-refractivity contribution in [2.24, 2.45) is 0 Å². The maximum absolute atomic E-state index is 12.5. The van der Waals surface area contributed by atoms with E-state index >= 15 is 0 Å². The lowest BCUT2D eigenvalue weighted by Crippen LogP contribution is -2.32. The third-order valence-electron chi connectivity index (χ3n) is 1.84. The Balaban J connectivity index is 2.33. The Hall–Kier alpha value is -0.960. The molecule has 0 bridgehead atoms. The first-order chi connectivity index (χ1) is 8.45. The van der Waals surface area contributed by atoms with Crippen LogP contribution in [0.1, 0.15) is 19.2 Å². The average Bonchev–Trinajstić information content (AvgIpc) is 2.74. The zero-order valence-electron chi connectivity index (χ0n) is 9.63. The highest BCUT2D eigenvalue weighted by Crippen LogP contribution is 2.23. The minimum Gasteiger partial charge on any atom is -0.367 e. The van der Waals surface area contributed by atoms with E-state index in [-0.39, 0.29) is 12.4 Å². The second-order valence-corrected chi connectivity index (χ2v) is 4.25. The third kappa shape index (κ3) is 4.73. The van der Waals surface area contributed by atoms with Crippen LogP contribution in [0.4, 0.5) is 22.7 Å². The van der Waals surface area contributed by atoms with Crippen LogP contribution in [0.2, 0.25) is 0 Å². The van der Waals surface area contributed by atoms with Crippen molar-refractivity contribution in [2.45, 2.75) is 32.3 Å². The fourth-order valence-electron chi connectivity index (χ4n) is 0.958. The summed E-state index contributed by atoms with van der Waals surface area (Å²) >= 11 is 1.07. The highest BCUT2D eigenvalue weighted by molar-refractivity contribution is 7.09. The number of nitrogens with one attached hydrogen (secondary N) is 1.